The van der Waals surface area contributed by atoms with Crippen molar-refractivity contribution in [3.8, 4) is 0 Å². The molecular formula is C9H20ClN. The Kier molecular flexibility index (Phi) is 5.98. The Bertz CT molecular complexity index is 95.6. The highest BCUT2D eigenvalue weighted by atomic mass is 35.5. The van der Waals surface area contributed by atoms with Crippen LogP contribution in [0, 0.1) is 0 Å². The van der Waals surface area contributed by atoms with Gasteiger partial charge in [-0.25, -0.2) is 0 Å². The van der Waals surface area contributed by atoms with E-state index < -0.39 is 0 Å². The Morgan fingerprint density at radius 2 is 2.18 bits per heavy atom. The predicted molar refractivity (Wildman–Crippen MR) is 44.3 cm³/mol. The van der Waals surface area contributed by atoms with Crippen molar-refractivity contribution < 1.29 is 17.3 Å². The van der Waals surface area contributed by atoms with Gasteiger partial charge in [0, 0.05) is 12.8 Å². The van der Waals surface area contributed by atoms with Crippen LogP contribution in [0.3, 0.4) is 0 Å². The minimum absolute atomic E-state index is 0. The fourth-order valence-corrected chi connectivity index (χ4v) is 1.92. The zero-order valence-electron chi connectivity index (χ0n) is 7.70. The molecule has 2 heteroatoms. The number of rotatable bonds is 3. The van der Waals surface area contributed by atoms with E-state index in [0.29, 0.717) is 0 Å². The van der Waals surface area contributed by atoms with E-state index in [-0.39, 0.29) is 12.4 Å². The molecule has 68 valence electrons. The maximum atomic E-state index is 2.34. The van der Waals surface area contributed by atoms with Crippen molar-refractivity contribution in [3.63, 3.8) is 0 Å². The van der Waals surface area contributed by atoms with E-state index in [4.69, 9.17) is 0 Å². The lowest BCUT2D eigenvalue weighted by Crippen LogP contribution is -3.10. The molecule has 1 nitrogen and oxygen atoms in total. The molecule has 1 saturated heterocycles. The number of hydrogen-bond acceptors (Lipinski definition) is 0. The molecule has 0 radical (unpaired) electrons. The molecule has 1 rings (SSSR count). The van der Waals surface area contributed by atoms with Crippen LogP contribution in [0.25, 0.3) is 0 Å². The summed E-state index contributed by atoms with van der Waals surface area (Å²) in [4.78, 5) is 1.77. The van der Waals surface area contributed by atoms with Crippen molar-refractivity contribution in [2.45, 2.75) is 45.1 Å². The molecule has 0 aliphatic carbocycles. The largest absolute Gasteiger partial charge is 1.00 e. The number of likely N-dealkylation sites (tertiary alicyclic amines) is 1. The summed E-state index contributed by atoms with van der Waals surface area (Å²) in [6.45, 7) is 3.69. The van der Waals surface area contributed by atoms with Crippen molar-refractivity contribution >= 4 is 0 Å². The zero-order chi connectivity index (χ0) is 7.40. The van der Waals surface area contributed by atoms with Crippen LogP contribution in [-0.4, -0.2) is 19.6 Å². The van der Waals surface area contributed by atoms with E-state index in [9.17, 15) is 0 Å². The first-order valence-corrected chi connectivity index (χ1v) is 4.67. The number of hydrogen-bond donors (Lipinski definition) is 1. The number of unbranched alkanes of at least 4 members (excludes halogenated alkanes) is 1. The Balaban J connectivity index is 0.000001000. The molecule has 0 aromatic heterocycles. The third-order valence-corrected chi connectivity index (χ3v) is 2.73. The van der Waals surface area contributed by atoms with E-state index in [1.807, 2.05) is 0 Å². The van der Waals surface area contributed by atoms with E-state index in [1.54, 1.807) is 4.90 Å². The molecule has 1 heterocycles. The first kappa shape index (κ1) is 11.2. The Morgan fingerprint density at radius 3 is 2.64 bits per heavy atom. The fourth-order valence-electron chi connectivity index (χ4n) is 1.92. The van der Waals surface area contributed by atoms with E-state index in [0.717, 1.165) is 6.04 Å². The average molecular weight is 178 g/mol. The Morgan fingerprint density at radius 1 is 1.45 bits per heavy atom. The highest BCUT2D eigenvalue weighted by Crippen LogP contribution is 2.06. The summed E-state index contributed by atoms with van der Waals surface area (Å²) in [6, 6.07) is 1.000. The lowest BCUT2D eigenvalue weighted by molar-refractivity contribution is -0.892. The molecule has 0 aromatic carbocycles. The summed E-state index contributed by atoms with van der Waals surface area (Å²) in [5, 5.41) is 0. The highest BCUT2D eigenvalue weighted by molar-refractivity contribution is 4.60. The van der Waals surface area contributed by atoms with E-state index in [1.165, 1.54) is 38.6 Å². The van der Waals surface area contributed by atoms with Crippen LogP contribution >= 0.6 is 0 Å². The van der Waals surface area contributed by atoms with Crippen LogP contribution in [0.1, 0.15) is 39.0 Å². The molecular weight excluding hydrogens is 158 g/mol. The van der Waals surface area contributed by atoms with Gasteiger partial charge in [-0.05, 0) is 12.8 Å². The molecule has 1 fully saturated rings. The minimum atomic E-state index is 0. The fraction of sp³-hybridized carbons (Fsp3) is 1.00. The third-order valence-electron chi connectivity index (χ3n) is 2.73. The smallest absolute Gasteiger partial charge is 0.0874 e. The number of quaternary nitrogens is 1. The van der Waals surface area contributed by atoms with Crippen LogP contribution < -0.4 is 17.3 Å². The van der Waals surface area contributed by atoms with Crippen molar-refractivity contribution in [2.24, 2.45) is 0 Å². The van der Waals surface area contributed by atoms with Gasteiger partial charge in [0.15, 0.2) is 0 Å². The molecule has 2 unspecified atom stereocenters. The van der Waals surface area contributed by atoms with E-state index in [2.05, 4.69) is 14.0 Å². The molecule has 1 N–H and O–H groups in total. The zero-order valence-corrected chi connectivity index (χ0v) is 8.45. The normalized spacial score (nSPS) is 30.0. The standard InChI is InChI=1S/C9H19N.ClH/c1-3-4-6-9-7-5-8-10(9)2;/h9H,3-8H2,1-2H3;1H. The summed E-state index contributed by atoms with van der Waals surface area (Å²) in [7, 11) is 2.34. The van der Waals surface area contributed by atoms with Crippen molar-refractivity contribution in [3.05, 3.63) is 0 Å². The topological polar surface area (TPSA) is 4.44 Å². The average Bonchev–Trinajstić information content (AvgIpc) is 2.31. The molecule has 0 aromatic rings. The van der Waals surface area contributed by atoms with Crippen molar-refractivity contribution in [2.75, 3.05) is 13.6 Å². The van der Waals surface area contributed by atoms with Crippen LogP contribution in [0.15, 0.2) is 0 Å². The molecule has 2 atom stereocenters. The Hall–Kier alpha value is 0.250. The van der Waals surface area contributed by atoms with Gasteiger partial charge in [-0.15, -0.1) is 0 Å². The molecule has 0 spiro atoms. The summed E-state index contributed by atoms with van der Waals surface area (Å²) in [5.41, 5.74) is 0. The predicted octanol–water partition coefficient (Wildman–Crippen LogP) is -2.14. The maximum absolute atomic E-state index is 2.34. The first-order chi connectivity index (χ1) is 4.84. The molecule has 0 amide bonds. The summed E-state index contributed by atoms with van der Waals surface area (Å²) < 4.78 is 0. The quantitative estimate of drug-likeness (QED) is 0.502. The van der Waals surface area contributed by atoms with E-state index >= 15 is 0 Å². The maximum Gasteiger partial charge on any atom is 0.0874 e. The molecule has 1 aliphatic heterocycles. The van der Waals surface area contributed by atoms with Gasteiger partial charge in [-0.3, -0.25) is 0 Å². The SMILES string of the molecule is CCCCC1CCC[NH+]1C.[Cl-]. The number of nitrogens with one attached hydrogen (secondary N) is 1. The highest BCUT2D eigenvalue weighted by Gasteiger charge is 2.23. The summed E-state index contributed by atoms with van der Waals surface area (Å²) in [6.07, 6.45) is 7.19. The lowest BCUT2D eigenvalue weighted by atomic mass is 10.1. The van der Waals surface area contributed by atoms with Gasteiger partial charge in [0.2, 0.25) is 0 Å². The van der Waals surface area contributed by atoms with Crippen LogP contribution in [0.2, 0.25) is 0 Å². The van der Waals surface area contributed by atoms with Gasteiger partial charge < -0.3 is 17.3 Å². The number of halogens is 1. The monoisotopic (exact) mass is 177 g/mol. The second kappa shape index (κ2) is 5.84. The van der Waals surface area contributed by atoms with Crippen LogP contribution in [0.4, 0.5) is 0 Å². The molecule has 1 aliphatic rings. The van der Waals surface area contributed by atoms with Gasteiger partial charge in [0.1, 0.15) is 0 Å². The second-order valence-electron chi connectivity index (χ2n) is 3.58. The van der Waals surface area contributed by atoms with Crippen molar-refractivity contribution in [1.29, 1.82) is 0 Å². The molecule has 11 heavy (non-hydrogen) atoms. The van der Waals surface area contributed by atoms with Gasteiger partial charge in [0.25, 0.3) is 0 Å². The molecule has 0 saturated carbocycles. The van der Waals surface area contributed by atoms with Gasteiger partial charge in [-0.1, -0.05) is 13.3 Å². The summed E-state index contributed by atoms with van der Waals surface area (Å²) >= 11 is 0. The lowest BCUT2D eigenvalue weighted by Gasteiger charge is -2.15. The van der Waals surface area contributed by atoms with Gasteiger partial charge in [-0.2, -0.15) is 0 Å². The van der Waals surface area contributed by atoms with Crippen LogP contribution in [-0.2, 0) is 0 Å². The Labute approximate surface area is 76.6 Å². The van der Waals surface area contributed by atoms with Crippen LogP contribution in [0.5, 0.6) is 0 Å². The van der Waals surface area contributed by atoms with Crippen molar-refractivity contribution in [1.82, 2.24) is 0 Å². The minimum Gasteiger partial charge on any atom is -1.00 e. The first-order valence-electron chi connectivity index (χ1n) is 4.67. The van der Waals surface area contributed by atoms with Gasteiger partial charge in [0.05, 0.1) is 19.6 Å². The molecule has 0 bridgehead atoms. The second-order valence-corrected chi connectivity index (χ2v) is 3.58. The third kappa shape index (κ3) is 3.44. The van der Waals surface area contributed by atoms with Gasteiger partial charge >= 0.3 is 0 Å². The summed E-state index contributed by atoms with van der Waals surface area (Å²) in [5.74, 6) is 0.